The highest BCUT2D eigenvalue weighted by Crippen LogP contribution is 2.15. The lowest BCUT2D eigenvalue weighted by Crippen LogP contribution is -2.53. The molecule has 0 saturated carbocycles. The van der Waals surface area contributed by atoms with Crippen LogP contribution in [-0.4, -0.2) is 35.6 Å². The van der Waals surface area contributed by atoms with Crippen molar-refractivity contribution in [3.8, 4) is 0 Å². The Morgan fingerprint density at radius 3 is 2.20 bits per heavy atom. The van der Waals surface area contributed by atoms with Crippen LogP contribution in [0, 0.1) is 11.8 Å². The third kappa shape index (κ3) is 9.15. The molecule has 0 heterocycles. The summed E-state index contributed by atoms with van der Waals surface area (Å²) in [6.45, 7) is 10.8. The van der Waals surface area contributed by atoms with Crippen LogP contribution in [0.5, 0.6) is 0 Å². The molecule has 0 aliphatic rings. The molecule has 0 spiro atoms. The Balaban J connectivity index is 0. The van der Waals surface area contributed by atoms with Gasteiger partial charge < -0.3 is 15.7 Å². The summed E-state index contributed by atoms with van der Waals surface area (Å²) in [5, 5.41) is 14.8. The zero-order valence-corrected chi connectivity index (χ0v) is 14.0. The van der Waals surface area contributed by atoms with Gasteiger partial charge in [0.05, 0.1) is 5.54 Å². The first-order valence-corrected chi connectivity index (χ1v) is 6.94. The van der Waals surface area contributed by atoms with Gasteiger partial charge in [-0.15, -0.1) is 12.4 Å². The van der Waals surface area contributed by atoms with Crippen molar-refractivity contribution in [2.24, 2.45) is 11.8 Å². The lowest BCUT2D eigenvalue weighted by atomic mass is 9.93. The average Bonchev–Trinajstić information content (AvgIpc) is 2.23. The zero-order chi connectivity index (χ0) is 15.1. The van der Waals surface area contributed by atoms with E-state index in [1.54, 1.807) is 0 Å². The van der Waals surface area contributed by atoms with Gasteiger partial charge in [-0.25, -0.2) is 0 Å². The molecular formula is C14H29ClN2O3. The van der Waals surface area contributed by atoms with Crippen molar-refractivity contribution < 1.29 is 14.7 Å². The molecule has 3 N–H and O–H groups in total. The van der Waals surface area contributed by atoms with Crippen LogP contribution in [0.3, 0.4) is 0 Å². The van der Waals surface area contributed by atoms with E-state index in [9.17, 15) is 9.59 Å². The minimum atomic E-state index is -0.814. The summed E-state index contributed by atoms with van der Waals surface area (Å²) < 4.78 is 0. The van der Waals surface area contributed by atoms with E-state index in [1.165, 1.54) is 0 Å². The largest absolute Gasteiger partial charge is 0.481 e. The van der Waals surface area contributed by atoms with Crippen molar-refractivity contribution in [1.29, 1.82) is 0 Å². The molecule has 1 amide bonds. The van der Waals surface area contributed by atoms with Gasteiger partial charge in [-0.05, 0) is 38.6 Å². The molecule has 120 valence electrons. The monoisotopic (exact) mass is 308 g/mol. The second kappa shape index (κ2) is 10.00. The van der Waals surface area contributed by atoms with Crippen LogP contribution in [0.25, 0.3) is 0 Å². The van der Waals surface area contributed by atoms with E-state index in [0.717, 1.165) is 6.42 Å². The van der Waals surface area contributed by atoms with E-state index in [1.807, 2.05) is 20.8 Å². The standard InChI is InChI=1S/C14H28N2O3.ClH/c1-6-16-14(4,5)13(19)15-9-11(7-10(2)3)8-12(17)18;/h10-11,16H,6-9H2,1-5H3,(H,15,19)(H,17,18);1H. The van der Waals surface area contributed by atoms with Crippen LogP contribution in [0.15, 0.2) is 0 Å². The summed E-state index contributed by atoms with van der Waals surface area (Å²) in [6.07, 6.45) is 0.897. The molecule has 1 atom stereocenters. The van der Waals surface area contributed by atoms with Gasteiger partial charge in [0.15, 0.2) is 0 Å². The third-order valence-electron chi connectivity index (χ3n) is 3.01. The number of carbonyl (C=O) groups is 2. The van der Waals surface area contributed by atoms with Gasteiger partial charge in [-0.3, -0.25) is 9.59 Å². The summed E-state index contributed by atoms with van der Waals surface area (Å²) in [6, 6.07) is 0. The van der Waals surface area contributed by atoms with E-state index in [4.69, 9.17) is 5.11 Å². The number of likely N-dealkylation sites (N-methyl/N-ethyl adjacent to an activating group) is 1. The predicted molar refractivity (Wildman–Crippen MR) is 83.2 cm³/mol. The summed E-state index contributed by atoms with van der Waals surface area (Å²) in [5.74, 6) is -0.499. The Labute approximate surface area is 128 Å². The topological polar surface area (TPSA) is 78.4 Å². The molecule has 0 radical (unpaired) electrons. The van der Waals surface area contributed by atoms with Crippen molar-refractivity contribution in [2.45, 2.75) is 53.0 Å². The number of nitrogens with one attached hydrogen (secondary N) is 2. The molecule has 0 saturated heterocycles. The van der Waals surface area contributed by atoms with Crippen molar-refractivity contribution in [2.75, 3.05) is 13.1 Å². The Kier molecular flexibility index (Phi) is 10.7. The fourth-order valence-corrected chi connectivity index (χ4v) is 2.13. The lowest BCUT2D eigenvalue weighted by Gasteiger charge is -2.26. The summed E-state index contributed by atoms with van der Waals surface area (Å²) in [4.78, 5) is 22.8. The van der Waals surface area contributed by atoms with Crippen LogP contribution in [0.2, 0.25) is 0 Å². The minimum absolute atomic E-state index is 0. The molecule has 5 nitrogen and oxygen atoms in total. The fourth-order valence-electron chi connectivity index (χ4n) is 2.13. The number of rotatable bonds is 9. The first-order valence-electron chi connectivity index (χ1n) is 6.94. The number of carboxylic acids is 1. The van der Waals surface area contributed by atoms with Gasteiger partial charge >= 0.3 is 5.97 Å². The molecule has 0 aliphatic heterocycles. The minimum Gasteiger partial charge on any atom is -0.481 e. The molecule has 0 aromatic rings. The van der Waals surface area contributed by atoms with Crippen molar-refractivity contribution in [1.82, 2.24) is 10.6 Å². The number of amides is 1. The van der Waals surface area contributed by atoms with E-state index in [0.29, 0.717) is 19.0 Å². The van der Waals surface area contributed by atoms with E-state index in [2.05, 4.69) is 24.5 Å². The van der Waals surface area contributed by atoms with Crippen LogP contribution < -0.4 is 10.6 Å². The van der Waals surface area contributed by atoms with E-state index in [-0.39, 0.29) is 30.7 Å². The molecule has 0 bridgehead atoms. The van der Waals surface area contributed by atoms with E-state index < -0.39 is 11.5 Å². The Hall–Kier alpha value is -0.810. The summed E-state index contributed by atoms with van der Waals surface area (Å²) in [5.41, 5.74) is -0.625. The van der Waals surface area contributed by atoms with Gasteiger partial charge in [-0.1, -0.05) is 20.8 Å². The number of aliphatic carboxylic acids is 1. The smallest absolute Gasteiger partial charge is 0.303 e. The highest BCUT2D eigenvalue weighted by molar-refractivity contribution is 5.85. The third-order valence-corrected chi connectivity index (χ3v) is 3.01. The van der Waals surface area contributed by atoms with Gasteiger partial charge in [0.2, 0.25) is 5.91 Å². The molecule has 0 aromatic heterocycles. The van der Waals surface area contributed by atoms with Crippen LogP contribution >= 0.6 is 12.4 Å². The quantitative estimate of drug-likeness (QED) is 0.609. The first-order chi connectivity index (χ1) is 8.69. The molecule has 20 heavy (non-hydrogen) atoms. The number of carboxylic acid groups (broad SMARTS) is 1. The van der Waals surface area contributed by atoms with Gasteiger partial charge in [0.25, 0.3) is 0 Å². The van der Waals surface area contributed by atoms with Crippen LogP contribution in [0.1, 0.15) is 47.5 Å². The zero-order valence-electron chi connectivity index (χ0n) is 13.2. The maximum Gasteiger partial charge on any atom is 0.303 e. The molecule has 0 aliphatic carbocycles. The maximum atomic E-state index is 12.0. The highest BCUT2D eigenvalue weighted by atomic mass is 35.5. The molecule has 0 rings (SSSR count). The molecule has 0 fully saturated rings. The Bertz CT molecular complexity index is 307. The van der Waals surface area contributed by atoms with E-state index >= 15 is 0 Å². The number of carbonyl (C=O) groups excluding carboxylic acids is 1. The van der Waals surface area contributed by atoms with Crippen molar-refractivity contribution in [3.63, 3.8) is 0 Å². The lowest BCUT2D eigenvalue weighted by molar-refractivity contribution is -0.138. The Morgan fingerprint density at radius 1 is 1.25 bits per heavy atom. The molecular weight excluding hydrogens is 280 g/mol. The maximum absolute atomic E-state index is 12.0. The predicted octanol–water partition coefficient (Wildman–Crippen LogP) is 2.05. The van der Waals surface area contributed by atoms with Crippen molar-refractivity contribution in [3.05, 3.63) is 0 Å². The molecule has 0 aromatic carbocycles. The SMILES string of the molecule is CCNC(C)(C)C(=O)NCC(CC(=O)O)CC(C)C.Cl. The average molecular weight is 309 g/mol. The summed E-state index contributed by atoms with van der Waals surface area (Å²) in [7, 11) is 0. The van der Waals surface area contributed by atoms with Gasteiger partial charge in [-0.2, -0.15) is 0 Å². The first kappa shape index (κ1) is 21.5. The molecule has 1 unspecified atom stereocenters. The van der Waals surface area contributed by atoms with Crippen LogP contribution in [-0.2, 0) is 9.59 Å². The van der Waals surface area contributed by atoms with Gasteiger partial charge in [0.1, 0.15) is 0 Å². The number of halogens is 1. The normalized spacial score (nSPS) is 12.7. The number of hydrogen-bond donors (Lipinski definition) is 3. The number of hydrogen-bond acceptors (Lipinski definition) is 3. The Morgan fingerprint density at radius 2 is 1.80 bits per heavy atom. The van der Waals surface area contributed by atoms with Gasteiger partial charge in [0, 0.05) is 13.0 Å². The molecule has 6 heteroatoms. The highest BCUT2D eigenvalue weighted by Gasteiger charge is 2.26. The summed E-state index contributed by atoms with van der Waals surface area (Å²) >= 11 is 0. The second-order valence-corrected chi connectivity index (χ2v) is 5.96. The van der Waals surface area contributed by atoms with Crippen LogP contribution in [0.4, 0.5) is 0 Å². The second-order valence-electron chi connectivity index (χ2n) is 5.96. The fraction of sp³-hybridized carbons (Fsp3) is 0.857. The van der Waals surface area contributed by atoms with Crippen molar-refractivity contribution >= 4 is 24.3 Å².